The molecule has 1 saturated heterocycles. The predicted octanol–water partition coefficient (Wildman–Crippen LogP) is -0.831. The molecular weight excluding hydrogens is 126 g/mol. The van der Waals surface area contributed by atoms with Crippen LogP contribution >= 0.6 is 0 Å². The summed E-state index contributed by atoms with van der Waals surface area (Å²) in [6, 6.07) is -0.125. The Balaban J connectivity index is 2.49. The quantitative estimate of drug-likeness (QED) is 0.343. The Kier molecular flexibility index (Phi) is 1.48. The molecule has 0 aromatic heterocycles. The van der Waals surface area contributed by atoms with E-state index in [0.29, 0.717) is 13.2 Å². The van der Waals surface area contributed by atoms with E-state index >= 15 is 0 Å². The van der Waals surface area contributed by atoms with Crippen LogP contribution in [-0.2, 0) is 4.74 Å². The first-order valence-corrected chi connectivity index (χ1v) is 2.32. The summed E-state index contributed by atoms with van der Waals surface area (Å²) in [5, 5.41) is 15.2. The third-order valence-electron chi connectivity index (χ3n) is 0.737. The summed E-state index contributed by atoms with van der Waals surface area (Å²) in [6.45, 7) is 0.860. The minimum Gasteiger partial charge on any atom is -0.458 e. The number of ether oxygens (including phenoxy) is 1. The lowest BCUT2D eigenvalue weighted by atomic mass is 10.7. The third-order valence-corrected chi connectivity index (χ3v) is 0.737. The normalized spacial score (nSPS) is 21.1. The Morgan fingerprint density at radius 2 is 2.67 bits per heavy atom. The number of hydrogen-bond donors (Lipinski definition) is 0. The van der Waals surface area contributed by atoms with Crippen LogP contribution in [0.3, 0.4) is 0 Å². The molecule has 0 aliphatic carbocycles. The molecule has 1 aliphatic heterocycles. The lowest BCUT2D eigenvalue weighted by molar-refractivity contribution is -0.486. The van der Waals surface area contributed by atoms with Crippen molar-refractivity contribution >= 4 is 6.02 Å². The number of rotatable bonds is 1. The van der Waals surface area contributed by atoms with Gasteiger partial charge in [0.15, 0.2) is 5.03 Å². The fraction of sp³-hybridized carbons (Fsp3) is 0.667. The maximum atomic E-state index is 9.63. The topological polar surface area (TPSA) is 78.8 Å². The number of nitro groups is 1. The Labute approximate surface area is 50.6 Å². The molecule has 1 aliphatic rings. The largest absolute Gasteiger partial charge is 0.458 e. The molecule has 0 spiro atoms. The van der Waals surface area contributed by atoms with Crippen molar-refractivity contribution in [3.05, 3.63) is 10.1 Å². The standard InChI is InChI=1S/C3H4N3O3/c7-6(8)5-3-4-1-2-9-3/h1-2H2/b5-3+. The molecule has 6 nitrogen and oxygen atoms in total. The predicted molar refractivity (Wildman–Crippen MR) is 27.4 cm³/mol. The summed E-state index contributed by atoms with van der Waals surface area (Å²) in [6.07, 6.45) is 0. The maximum Gasteiger partial charge on any atom is 0.381 e. The Morgan fingerprint density at radius 1 is 1.89 bits per heavy atom. The summed E-state index contributed by atoms with van der Waals surface area (Å²) < 4.78 is 4.61. The fourth-order valence-electron chi connectivity index (χ4n) is 0.454. The highest BCUT2D eigenvalue weighted by Gasteiger charge is 2.13. The van der Waals surface area contributed by atoms with E-state index in [4.69, 9.17) is 0 Å². The van der Waals surface area contributed by atoms with Crippen LogP contribution in [0.4, 0.5) is 0 Å². The van der Waals surface area contributed by atoms with Crippen LogP contribution < -0.4 is 5.32 Å². The van der Waals surface area contributed by atoms with Gasteiger partial charge in [0.25, 0.3) is 0 Å². The number of hydrogen-bond acceptors (Lipinski definition) is 3. The lowest BCUT2D eigenvalue weighted by Gasteiger charge is -1.84. The molecule has 1 rings (SSSR count). The molecule has 1 fully saturated rings. The van der Waals surface area contributed by atoms with Gasteiger partial charge in [0, 0.05) is 0 Å². The number of nitrogens with zero attached hydrogens (tertiary/aromatic N) is 3. The highest BCUT2D eigenvalue weighted by atomic mass is 16.7. The molecule has 0 amide bonds. The van der Waals surface area contributed by atoms with Crippen LogP contribution in [0.15, 0.2) is 5.10 Å². The first-order chi connectivity index (χ1) is 4.29. The number of amidine groups is 1. The van der Waals surface area contributed by atoms with Gasteiger partial charge >= 0.3 is 6.02 Å². The molecule has 9 heavy (non-hydrogen) atoms. The van der Waals surface area contributed by atoms with Gasteiger partial charge in [0.2, 0.25) is 0 Å². The maximum absolute atomic E-state index is 9.63. The molecule has 0 aromatic carbocycles. The van der Waals surface area contributed by atoms with Crippen LogP contribution in [0.2, 0.25) is 0 Å². The van der Waals surface area contributed by atoms with E-state index in [1.54, 1.807) is 0 Å². The first-order valence-electron chi connectivity index (χ1n) is 2.32. The molecule has 0 saturated carbocycles. The fourth-order valence-corrected chi connectivity index (χ4v) is 0.454. The highest BCUT2D eigenvalue weighted by molar-refractivity contribution is 5.73. The molecule has 0 bridgehead atoms. The van der Waals surface area contributed by atoms with Crippen molar-refractivity contribution in [2.45, 2.75) is 0 Å². The van der Waals surface area contributed by atoms with Gasteiger partial charge in [-0.25, -0.2) is 15.4 Å². The van der Waals surface area contributed by atoms with Crippen LogP contribution in [-0.4, -0.2) is 24.2 Å². The second-order valence-electron chi connectivity index (χ2n) is 1.35. The van der Waals surface area contributed by atoms with Gasteiger partial charge in [-0.1, -0.05) is 0 Å². The van der Waals surface area contributed by atoms with Crippen molar-refractivity contribution in [3.8, 4) is 0 Å². The minimum atomic E-state index is -0.829. The zero-order chi connectivity index (χ0) is 6.69. The molecule has 0 unspecified atom stereocenters. The van der Waals surface area contributed by atoms with E-state index < -0.39 is 5.03 Å². The van der Waals surface area contributed by atoms with Gasteiger partial charge in [-0.15, -0.1) is 0 Å². The lowest BCUT2D eigenvalue weighted by Crippen LogP contribution is -2.09. The van der Waals surface area contributed by atoms with E-state index in [0.717, 1.165) is 0 Å². The van der Waals surface area contributed by atoms with Crippen molar-refractivity contribution in [2.24, 2.45) is 5.10 Å². The average molecular weight is 130 g/mol. The van der Waals surface area contributed by atoms with Gasteiger partial charge in [-0.2, -0.15) is 0 Å². The van der Waals surface area contributed by atoms with Gasteiger partial charge < -0.3 is 4.74 Å². The SMILES string of the molecule is O=[N+]([O-])/N=C1\[N]CCO1. The van der Waals surface area contributed by atoms with Gasteiger partial charge in [0.05, 0.1) is 6.54 Å². The van der Waals surface area contributed by atoms with E-state index in [-0.39, 0.29) is 6.02 Å². The summed E-state index contributed by atoms with van der Waals surface area (Å²) in [4.78, 5) is 9.63. The summed E-state index contributed by atoms with van der Waals surface area (Å²) in [7, 11) is 0. The highest BCUT2D eigenvalue weighted by Crippen LogP contribution is 1.89. The van der Waals surface area contributed by atoms with Crippen molar-refractivity contribution in [2.75, 3.05) is 13.2 Å². The summed E-state index contributed by atoms with van der Waals surface area (Å²) in [5.41, 5.74) is 0. The second kappa shape index (κ2) is 2.29. The molecule has 0 N–H and O–H groups in total. The van der Waals surface area contributed by atoms with Crippen LogP contribution in [0.25, 0.3) is 0 Å². The van der Waals surface area contributed by atoms with E-state index in [9.17, 15) is 10.1 Å². The van der Waals surface area contributed by atoms with Gasteiger partial charge in [-0.05, 0) is 0 Å². The summed E-state index contributed by atoms with van der Waals surface area (Å²) in [5.74, 6) is 0. The Morgan fingerprint density at radius 3 is 3.11 bits per heavy atom. The Bertz CT molecular complexity index is 146. The van der Waals surface area contributed by atoms with Crippen LogP contribution in [0.1, 0.15) is 0 Å². The Hall–Kier alpha value is -1.33. The monoisotopic (exact) mass is 130 g/mol. The zero-order valence-corrected chi connectivity index (χ0v) is 4.48. The molecule has 0 aromatic rings. The molecule has 1 radical (unpaired) electrons. The van der Waals surface area contributed by atoms with Gasteiger partial charge in [0.1, 0.15) is 11.7 Å². The van der Waals surface area contributed by atoms with Crippen LogP contribution in [0.5, 0.6) is 0 Å². The van der Waals surface area contributed by atoms with Crippen molar-refractivity contribution in [1.29, 1.82) is 0 Å². The summed E-state index contributed by atoms with van der Waals surface area (Å²) >= 11 is 0. The first kappa shape index (κ1) is 5.80. The molecule has 0 atom stereocenters. The van der Waals surface area contributed by atoms with Crippen molar-refractivity contribution < 1.29 is 9.77 Å². The molecular formula is C3H4N3O3. The smallest absolute Gasteiger partial charge is 0.381 e. The number of hydrazone groups is 1. The van der Waals surface area contributed by atoms with Crippen LogP contribution in [0, 0.1) is 10.1 Å². The molecule has 6 heteroatoms. The van der Waals surface area contributed by atoms with Crippen molar-refractivity contribution in [3.63, 3.8) is 0 Å². The molecule has 1 heterocycles. The second-order valence-corrected chi connectivity index (χ2v) is 1.35. The third kappa shape index (κ3) is 1.56. The minimum absolute atomic E-state index is 0.125. The molecule has 49 valence electrons. The van der Waals surface area contributed by atoms with Crippen molar-refractivity contribution in [1.82, 2.24) is 5.32 Å². The van der Waals surface area contributed by atoms with E-state index in [1.807, 2.05) is 0 Å². The zero-order valence-electron chi connectivity index (χ0n) is 4.48. The average Bonchev–Trinajstić information content (AvgIpc) is 2.15. The van der Waals surface area contributed by atoms with E-state index in [1.165, 1.54) is 0 Å². The van der Waals surface area contributed by atoms with E-state index in [2.05, 4.69) is 15.2 Å². The van der Waals surface area contributed by atoms with Gasteiger partial charge in [-0.3, -0.25) is 0 Å².